The Morgan fingerprint density at radius 3 is 2.23 bits per heavy atom. The zero-order valence-corrected chi connectivity index (χ0v) is 21.3. The van der Waals surface area contributed by atoms with Gasteiger partial charge in [-0.1, -0.05) is 20.3 Å². The molecule has 1 aliphatic carbocycles. The number of nitrogens with one attached hydrogen (secondary N) is 1. The van der Waals surface area contributed by atoms with E-state index in [1.54, 1.807) is 0 Å². The molecule has 0 bridgehead atoms. The summed E-state index contributed by atoms with van der Waals surface area (Å²) in [5.74, 6) is 2.36. The van der Waals surface area contributed by atoms with Gasteiger partial charge in [-0.15, -0.1) is 0 Å². The molecule has 0 unspecified atom stereocenters. The van der Waals surface area contributed by atoms with E-state index in [4.69, 9.17) is 9.47 Å². The fourth-order valence-electron chi connectivity index (χ4n) is 6.13. The van der Waals surface area contributed by atoms with Crippen LogP contribution in [0.25, 0.3) is 0 Å². The fourth-order valence-corrected chi connectivity index (χ4v) is 6.13. The van der Waals surface area contributed by atoms with Gasteiger partial charge in [-0.25, -0.2) is 0 Å². The van der Waals surface area contributed by atoms with Crippen LogP contribution in [0.15, 0.2) is 18.2 Å². The van der Waals surface area contributed by atoms with Crippen molar-refractivity contribution in [2.45, 2.75) is 58.2 Å². The highest BCUT2D eigenvalue weighted by Gasteiger charge is 2.42. The summed E-state index contributed by atoms with van der Waals surface area (Å²) in [6.07, 6.45) is 6.50. The standard InChI is InChI=1S/C27H40N4O4/c1-20-14-21(2)17-31(16-20)26(33)19-30-12-10-29(11-13-30)18-25(32)28-22-6-7-23-24(15-22)35-27(34-23)8-4-3-5-9-27/h6-7,15,20-21H,3-5,8-14,16-19H2,1-2H3,(H,28,32)/t20-,21-/m1/s1. The van der Waals surface area contributed by atoms with E-state index in [9.17, 15) is 9.59 Å². The number of carbonyl (C=O) groups is 2. The molecule has 5 rings (SSSR count). The van der Waals surface area contributed by atoms with Gasteiger partial charge in [0, 0.05) is 63.9 Å². The molecule has 3 fully saturated rings. The number of hydrogen-bond acceptors (Lipinski definition) is 6. The Balaban J connectivity index is 1.05. The minimum Gasteiger partial charge on any atom is -0.448 e. The molecule has 3 aliphatic heterocycles. The van der Waals surface area contributed by atoms with E-state index in [2.05, 4.69) is 29.0 Å². The van der Waals surface area contributed by atoms with Crippen molar-refractivity contribution in [3.63, 3.8) is 0 Å². The van der Waals surface area contributed by atoms with Crippen LogP contribution in [0.4, 0.5) is 5.69 Å². The molecule has 4 aliphatic rings. The highest BCUT2D eigenvalue weighted by atomic mass is 16.7. The van der Waals surface area contributed by atoms with Gasteiger partial charge in [0.2, 0.25) is 11.8 Å². The maximum absolute atomic E-state index is 12.8. The van der Waals surface area contributed by atoms with Gasteiger partial charge in [-0.3, -0.25) is 19.4 Å². The topological polar surface area (TPSA) is 74.4 Å². The predicted molar refractivity (Wildman–Crippen MR) is 135 cm³/mol. The summed E-state index contributed by atoms with van der Waals surface area (Å²) in [6.45, 7) is 10.3. The number of benzene rings is 1. The molecule has 1 spiro atoms. The molecular formula is C27H40N4O4. The number of piperidine rings is 1. The lowest BCUT2D eigenvalue weighted by atomic mass is 9.92. The molecule has 1 aromatic rings. The second-order valence-electron chi connectivity index (χ2n) is 11.2. The number of likely N-dealkylation sites (tertiary alicyclic amines) is 1. The summed E-state index contributed by atoms with van der Waals surface area (Å²) in [7, 11) is 0. The van der Waals surface area contributed by atoms with Crippen molar-refractivity contribution in [1.29, 1.82) is 0 Å². The summed E-state index contributed by atoms with van der Waals surface area (Å²) in [5, 5.41) is 3.01. The largest absolute Gasteiger partial charge is 0.448 e. The molecule has 1 saturated carbocycles. The van der Waals surface area contributed by atoms with Crippen LogP contribution in [0.2, 0.25) is 0 Å². The third-order valence-electron chi connectivity index (χ3n) is 7.85. The lowest BCUT2D eigenvalue weighted by Gasteiger charge is -2.38. The summed E-state index contributed by atoms with van der Waals surface area (Å²) < 4.78 is 12.3. The lowest BCUT2D eigenvalue weighted by Crippen LogP contribution is -2.52. The van der Waals surface area contributed by atoms with Crippen molar-refractivity contribution < 1.29 is 19.1 Å². The van der Waals surface area contributed by atoms with Crippen molar-refractivity contribution in [1.82, 2.24) is 14.7 Å². The third kappa shape index (κ3) is 5.92. The lowest BCUT2D eigenvalue weighted by molar-refractivity contribution is -0.135. The number of amides is 2. The van der Waals surface area contributed by atoms with E-state index >= 15 is 0 Å². The number of nitrogens with zero attached hydrogens (tertiary/aromatic N) is 3. The second kappa shape index (κ2) is 10.3. The second-order valence-corrected chi connectivity index (χ2v) is 11.2. The fraction of sp³-hybridized carbons (Fsp3) is 0.704. The van der Waals surface area contributed by atoms with Crippen molar-refractivity contribution in [3.05, 3.63) is 18.2 Å². The average molecular weight is 485 g/mol. The molecule has 2 saturated heterocycles. The Labute approximate surface area is 208 Å². The SMILES string of the molecule is C[C@@H]1C[C@@H](C)CN(C(=O)CN2CCN(CC(=O)Nc3ccc4c(c3)OC3(CCCCC3)O4)CC2)C1. The number of ether oxygens (including phenoxy) is 2. The molecule has 8 heteroatoms. The zero-order valence-electron chi connectivity index (χ0n) is 21.3. The quantitative estimate of drug-likeness (QED) is 0.692. The summed E-state index contributed by atoms with van der Waals surface area (Å²) >= 11 is 0. The number of fused-ring (bicyclic) bond motifs is 1. The van der Waals surface area contributed by atoms with E-state index in [0.717, 1.165) is 82.1 Å². The minimum absolute atomic E-state index is 0.0305. The van der Waals surface area contributed by atoms with E-state index < -0.39 is 5.79 Å². The minimum atomic E-state index is -0.505. The molecular weight excluding hydrogens is 444 g/mol. The number of carbonyl (C=O) groups excluding carboxylic acids is 2. The maximum atomic E-state index is 12.8. The molecule has 192 valence electrons. The predicted octanol–water partition coefficient (Wildman–Crippen LogP) is 3.18. The Morgan fingerprint density at radius 1 is 0.914 bits per heavy atom. The van der Waals surface area contributed by atoms with E-state index in [0.29, 0.717) is 24.9 Å². The number of piperazine rings is 1. The molecule has 2 amide bonds. The first kappa shape index (κ1) is 24.4. The normalized spacial score (nSPS) is 26.6. The van der Waals surface area contributed by atoms with Gasteiger partial charge in [0.15, 0.2) is 11.5 Å². The van der Waals surface area contributed by atoms with Crippen molar-refractivity contribution in [2.75, 3.05) is 57.7 Å². The van der Waals surface area contributed by atoms with E-state index in [1.807, 2.05) is 23.1 Å². The van der Waals surface area contributed by atoms with Gasteiger partial charge in [0.25, 0.3) is 5.79 Å². The summed E-state index contributed by atoms with van der Waals surface area (Å²) in [4.78, 5) is 31.9. The molecule has 2 atom stereocenters. The Bertz CT molecular complexity index is 914. The molecule has 1 aromatic carbocycles. The number of anilines is 1. The van der Waals surface area contributed by atoms with Crippen LogP contribution in [-0.2, 0) is 9.59 Å². The van der Waals surface area contributed by atoms with Crippen LogP contribution in [0.5, 0.6) is 11.5 Å². The first-order chi connectivity index (χ1) is 16.9. The van der Waals surface area contributed by atoms with Crippen LogP contribution < -0.4 is 14.8 Å². The maximum Gasteiger partial charge on any atom is 0.251 e. The van der Waals surface area contributed by atoms with Gasteiger partial charge in [-0.2, -0.15) is 0 Å². The number of hydrogen-bond donors (Lipinski definition) is 1. The van der Waals surface area contributed by atoms with Crippen LogP contribution in [0.1, 0.15) is 52.4 Å². The molecule has 0 aromatic heterocycles. The van der Waals surface area contributed by atoms with Gasteiger partial charge in [-0.05, 0) is 43.2 Å². The summed E-state index contributed by atoms with van der Waals surface area (Å²) in [6, 6.07) is 5.66. The Kier molecular flexibility index (Phi) is 7.21. The van der Waals surface area contributed by atoms with Crippen LogP contribution in [0.3, 0.4) is 0 Å². The first-order valence-corrected chi connectivity index (χ1v) is 13.4. The van der Waals surface area contributed by atoms with Crippen LogP contribution in [-0.4, -0.2) is 84.7 Å². The van der Waals surface area contributed by atoms with Gasteiger partial charge < -0.3 is 19.7 Å². The van der Waals surface area contributed by atoms with Crippen molar-refractivity contribution in [3.8, 4) is 11.5 Å². The molecule has 0 radical (unpaired) electrons. The van der Waals surface area contributed by atoms with Crippen LogP contribution in [0, 0.1) is 11.8 Å². The summed E-state index contributed by atoms with van der Waals surface area (Å²) in [5.41, 5.74) is 0.736. The van der Waals surface area contributed by atoms with Crippen LogP contribution >= 0.6 is 0 Å². The van der Waals surface area contributed by atoms with Gasteiger partial charge in [0.1, 0.15) is 0 Å². The average Bonchev–Trinajstić information content (AvgIpc) is 3.16. The number of rotatable bonds is 5. The van der Waals surface area contributed by atoms with Gasteiger partial charge in [0.05, 0.1) is 13.1 Å². The first-order valence-electron chi connectivity index (χ1n) is 13.4. The van der Waals surface area contributed by atoms with Crippen molar-refractivity contribution in [2.24, 2.45) is 11.8 Å². The smallest absolute Gasteiger partial charge is 0.251 e. The van der Waals surface area contributed by atoms with Gasteiger partial charge >= 0.3 is 0 Å². The monoisotopic (exact) mass is 484 g/mol. The van der Waals surface area contributed by atoms with E-state index in [-0.39, 0.29) is 11.8 Å². The highest BCUT2D eigenvalue weighted by molar-refractivity contribution is 5.92. The zero-order chi connectivity index (χ0) is 24.4. The molecule has 1 N–H and O–H groups in total. The Hall–Kier alpha value is -2.32. The van der Waals surface area contributed by atoms with Crippen molar-refractivity contribution >= 4 is 17.5 Å². The van der Waals surface area contributed by atoms with E-state index in [1.165, 1.54) is 12.8 Å². The highest BCUT2D eigenvalue weighted by Crippen LogP contribution is 2.46. The molecule has 8 nitrogen and oxygen atoms in total. The molecule has 3 heterocycles. The molecule has 35 heavy (non-hydrogen) atoms. The third-order valence-corrected chi connectivity index (χ3v) is 7.85. The Morgan fingerprint density at radius 2 is 1.54 bits per heavy atom.